The predicted octanol–water partition coefficient (Wildman–Crippen LogP) is 1.29. The van der Waals surface area contributed by atoms with Crippen LogP contribution in [0.15, 0.2) is 29.2 Å². The summed E-state index contributed by atoms with van der Waals surface area (Å²) in [6, 6.07) is 2.73. The van der Waals surface area contributed by atoms with Gasteiger partial charge >= 0.3 is 11.7 Å². The summed E-state index contributed by atoms with van der Waals surface area (Å²) >= 11 is 0. The van der Waals surface area contributed by atoms with Crippen LogP contribution in [-0.4, -0.2) is 50.4 Å². The first-order valence-electron chi connectivity index (χ1n) is 7.47. The van der Waals surface area contributed by atoms with Gasteiger partial charge < -0.3 is 15.2 Å². The monoisotopic (exact) mass is 377 g/mol. The van der Waals surface area contributed by atoms with Crippen LogP contribution in [0, 0.1) is 5.92 Å². The predicted molar refractivity (Wildman–Crippen MR) is 82.1 cm³/mol. The summed E-state index contributed by atoms with van der Waals surface area (Å²) in [5.41, 5.74) is -0.0313. The Morgan fingerprint density at radius 3 is 2.36 bits per heavy atom. The number of carboxylic acid groups (broad SMARTS) is 1. The zero-order valence-electron chi connectivity index (χ0n) is 13.0. The first-order valence-corrected chi connectivity index (χ1v) is 9.01. The normalized spacial score (nSPS) is 19.4. The molecule has 1 amide bonds. The third-order valence-corrected chi connectivity index (χ3v) is 5.30. The van der Waals surface area contributed by atoms with E-state index < -0.39 is 38.4 Å². The van der Waals surface area contributed by atoms with E-state index in [1.807, 2.05) is 0 Å². The molecule has 138 valence electrons. The number of carbonyl (C=O) groups excluding carboxylic acids is 1. The van der Waals surface area contributed by atoms with E-state index in [0.29, 0.717) is 19.4 Å². The number of aliphatic carboxylic acids is 1. The van der Waals surface area contributed by atoms with Gasteiger partial charge in [-0.1, -0.05) is 0 Å². The Morgan fingerprint density at radius 2 is 1.88 bits per heavy atom. The standard InChI is InChI=1S/C15H17F2NO6S/c16-15(17)25(22,23)11-5-3-9(4-6-11)13(19)18-12(14(20)21)10-2-1-7-24-8-10/h3-6,10,12,15H,1-2,7-8H2,(H,18,19)(H,20,21). The number of hydrogen-bond donors (Lipinski definition) is 2. The number of ether oxygens (including phenoxy) is 1. The minimum atomic E-state index is -4.75. The molecule has 2 rings (SSSR count). The van der Waals surface area contributed by atoms with Crippen molar-refractivity contribution in [1.82, 2.24) is 5.32 Å². The van der Waals surface area contributed by atoms with E-state index in [0.717, 1.165) is 24.3 Å². The quantitative estimate of drug-likeness (QED) is 0.773. The molecule has 1 saturated heterocycles. The Bertz CT molecular complexity index is 729. The molecule has 0 aromatic heterocycles. The highest BCUT2D eigenvalue weighted by molar-refractivity contribution is 7.91. The zero-order chi connectivity index (χ0) is 18.6. The van der Waals surface area contributed by atoms with Crippen LogP contribution in [0.4, 0.5) is 8.78 Å². The molecular formula is C15H17F2NO6S. The summed E-state index contributed by atoms with van der Waals surface area (Å²) < 4.78 is 52.9. The Hall–Kier alpha value is -2.07. The number of sulfone groups is 1. The lowest BCUT2D eigenvalue weighted by atomic mass is 9.93. The van der Waals surface area contributed by atoms with Crippen LogP contribution in [0.2, 0.25) is 0 Å². The lowest BCUT2D eigenvalue weighted by molar-refractivity contribution is -0.142. The molecule has 2 unspecified atom stereocenters. The number of rotatable bonds is 6. The topological polar surface area (TPSA) is 110 Å². The van der Waals surface area contributed by atoms with Gasteiger partial charge in [0.05, 0.1) is 11.5 Å². The van der Waals surface area contributed by atoms with Gasteiger partial charge in [0.25, 0.3) is 5.91 Å². The smallest absolute Gasteiger partial charge is 0.341 e. The van der Waals surface area contributed by atoms with E-state index >= 15 is 0 Å². The molecule has 1 fully saturated rings. The molecule has 0 spiro atoms. The highest BCUT2D eigenvalue weighted by Gasteiger charge is 2.32. The number of carbonyl (C=O) groups is 2. The van der Waals surface area contributed by atoms with Crippen molar-refractivity contribution in [2.75, 3.05) is 13.2 Å². The van der Waals surface area contributed by atoms with Crippen LogP contribution in [0.25, 0.3) is 0 Å². The van der Waals surface area contributed by atoms with Crippen molar-refractivity contribution in [2.45, 2.75) is 29.5 Å². The number of halogens is 2. The Labute approximate surface area is 142 Å². The maximum Gasteiger partial charge on any atom is 0.341 e. The second kappa shape index (κ2) is 7.87. The number of hydrogen-bond acceptors (Lipinski definition) is 5. The average Bonchev–Trinajstić information content (AvgIpc) is 2.59. The summed E-state index contributed by atoms with van der Waals surface area (Å²) in [5, 5.41) is 11.7. The van der Waals surface area contributed by atoms with Gasteiger partial charge in [0.1, 0.15) is 6.04 Å². The van der Waals surface area contributed by atoms with Crippen molar-refractivity contribution < 1.29 is 36.6 Å². The van der Waals surface area contributed by atoms with Crippen molar-refractivity contribution >= 4 is 21.7 Å². The molecule has 10 heteroatoms. The van der Waals surface area contributed by atoms with Gasteiger partial charge in [0.2, 0.25) is 9.84 Å². The number of alkyl halides is 2. The van der Waals surface area contributed by atoms with E-state index in [2.05, 4.69) is 5.32 Å². The lowest BCUT2D eigenvalue weighted by Gasteiger charge is -2.28. The Balaban J connectivity index is 2.12. The summed E-state index contributed by atoms with van der Waals surface area (Å²) in [6.07, 6.45) is 1.27. The van der Waals surface area contributed by atoms with Crippen molar-refractivity contribution in [3.05, 3.63) is 29.8 Å². The fourth-order valence-corrected chi connectivity index (χ4v) is 3.25. The molecular weight excluding hydrogens is 360 g/mol. The van der Waals surface area contributed by atoms with Gasteiger partial charge in [-0.15, -0.1) is 0 Å². The SMILES string of the molecule is O=C(NC(C(=O)O)C1CCCOC1)c1ccc(S(=O)(=O)C(F)F)cc1. The molecule has 0 radical (unpaired) electrons. The molecule has 7 nitrogen and oxygen atoms in total. The molecule has 2 atom stereocenters. The van der Waals surface area contributed by atoms with Gasteiger partial charge in [-0.25, -0.2) is 13.2 Å². The number of benzene rings is 1. The molecule has 0 saturated carbocycles. The molecule has 1 aliphatic rings. The molecule has 25 heavy (non-hydrogen) atoms. The van der Waals surface area contributed by atoms with E-state index in [-0.39, 0.29) is 18.1 Å². The van der Waals surface area contributed by atoms with Crippen LogP contribution in [0.1, 0.15) is 23.2 Å². The molecule has 1 heterocycles. The number of carboxylic acids is 1. The molecule has 0 bridgehead atoms. The minimum Gasteiger partial charge on any atom is -0.480 e. The van der Waals surface area contributed by atoms with Gasteiger partial charge in [-0.2, -0.15) is 8.78 Å². The van der Waals surface area contributed by atoms with Crippen molar-refractivity contribution in [3.63, 3.8) is 0 Å². The molecule has 1 aromatic rings. The van der Waals surface area contributed by atoms with Crippen molar-refractivity contribution in [3.8, 4) is 0 Å². The molecule has 0 aliphatic carbocycles. The third-order valence-electron chi connectivity index (χ3n) is 3.90. The molecule has 1 aromatic carbocycles. The molecule has 2 N–H and O–H groups in total. The fourth-order valence-electron chi connectivity index (χ4n) is 2.53. The second-order valence-electron chi connectivity index (χ2n) is 5.60. The van der Waals surface area contributed by atoms with Gasteiger partial charge in [-0.3, -0.25) is 4.79 Å². The number of amides is 1. The summed E-state index contributed by atoms with van der Waals surface area (Å²) in [4.78, 5) is 23.0. The van der Waals surface area contributed by atoms with E-state index in [9.17, 15) is 31.9 Å². The Kier molecular flexibility index (Phi) is 6.07. The highest BCUT2D eigenvalue weighted by Crippen LogP contribution is 2.20. The van der Waals surface area contributed by atoms with Crippen LogP contribution in [0.5, 0.6) is 0 Å². The highest BCUT2D eigenvalue weighted by atomic mass is 32.2. The van der Waals surface area contributed by atoms with Gasteiger partial charge in [0, 0.05) is 18.1 Å². The number of nitrogens with one attached hydrogen (secondary N) is 1. The van der Waals surface area contributed by atoms with Gasteiger partial charge in [0.15, 0.2) is 0 Å². The van der Waals surface area contributed by atoms with Crippen molar-refractivity contribution in [2.24, 2.45) is 5.92 Å². The summed E-state index contributed by atoms with van der Waals surface area (Å²) in [7, 11) is -4.75. The zero-order valence-corrected chi connectivity index (χ0v) is 13.8. The average molecular weight is 377 g/mol. The second-order valence-corrected chi connectivity index (χ2v) is 7.51. The summed E-state index contributed by atoms with van der Waals surface area (Å²) in [6.45, 7) is 0.750. The van der Waals surface area contributed by atoms with Crippen molar-refractivity contribution in [1.29, 1.82) is 0 Å². The van der Waals surface area contributed by atoms with E-state index in [4.69, 9.17) is 4.74 Å². The van der Waals surface area contributed by atoms with Gasteiger partial charge in [-0.05, 0) is 37.1 Å². The largest absolute Gasteiger partial charge is 0.480 e. The minimum absolute atomic E-state index is 0.0313. The van der Waals surface area contributed by atoms with Crippen LogP contribution >= 0.6 is 0 Å². The summed E-state index contributed by atoms with van der Waals surface area (Å²) in [5.74, 6) is -5.89. The molecule has 1 aliphatic heterocycles. The fraction of sp³-hybridized carbons (Fsp3) is 0.467. The van der Waals surface area contributed by atoms with E-state index in [1.54, 1.807) is 0 Å². The third kappa shape index (κ3) is 4.51. The maximum absolute atomic E-state index is 12.5. The van der Waals surface area contributed by atoms with Crippen LogP contribution < -0.4 is 5.32 Å². The van der Waals surface area contributed by atoms with Crippen LogP contribution in [0.3, 0.4) is 0 Å². The lowest BCUT2D eigenvalue weighted by Crippen LogP contribution is -2.48. The van der Waals surface area contributed by atoms with E-state index in [1.165, 1.54) is 0 Å². The maximum atomic E-state index is 12.5. The first-order chi connectivity index (χ1) is 11.7. The first kappa shape index (κ1) is 19.3. The Morgan fingerprint density at radius 1 is 1.24 bits per heavy atom. The van der Waals surface area contributed by atoms with Crippen LogP contribution in [-0.2, 0) is 19.4 Å².